The lowest BCUT2D eigenvalue weighted by Gasteiger charge is -2.31. The van der Waals surface area contributed by atoms with E-state index >= 15 is 0 Å². The predicted molar refractivity (Wildman–Crippen MR) is 87.2 cm³/mol. The molecule has 110 valence electrons. The van der Waals surface area contributed by atoms with E-state index in [-0.39, 0.29) is 17.9 Å². The van der Waals surface area contributed by atoms with E-state index in [2.05, 4.69) is 67.7 Å². The van der Waals surface area contributed by atoms with Crippen LogP contribution in [0.4, 0.5) is 0 Å². The molecule has 0 aromatic heterocycles. The van der Waals surface area contributed by atoms with Gasteiger partial charge < -0.3 is 5.32 Å². The van der Waals surface area contributed by atoms with E-state index in [1.165, 1.54) is 11.1 Å². The average Bonchev–Trinajstić information content (AvgIpc) is 2.48. The van der Waals surface area contributed by atoms with Crippen LogP contribution < -0.4 is 5.32 Å². The molecular formula is C19H23NO. The van der Waals surface area contributed by atoms with Crippen molar-refractivity contribution in [2.45, 2.75) is 32.7 Å². The second-order valence-corrected chi connectivity index (χ2v) is 5.77. The summed E-state index contributed by atoms with van der Waals surface area (Å²) >= 11 is 0. The minimum Gasteiger partial charge on any atom is -0.352 e. The first kappa shape index (κ1) is 15.3. The van der Waals surface area contributed by atoms with Crippen molar-refractivity contribution in [3.8, 4) is 0 Å². The Morgan fingerprint density at radius 2 is 1.29 bits per heavy atom. The Morgan fingerprint density at radius 3 is 1.62 bits per heavy atom. The number of hydrogen-bond donors (Lipinski definition) is 1. The van der Waals surface area contributed by atoms with Gasteiger partial charge in [0.2, 0.25) is 5.91 Å². The molecule has 0 radical (unpaired) electrons. The molecule has 0 aliphatic rings. The van der Waals surface area contributed by atoms with Crippen LogP contribution >= 0.6 is 0 Å². The maximum Gasteiger partial charge on any atom is 0.217 e. The molecule has 1 amide bonds. The maximum absolute atomic E-state index is 11.6. The third-order valence-corrected chi connectivity index (χ3v) is 3.76. The van der Waals surface area contributed by atoms with Crippen LogP contribution in [0.5, 0.6) is 0 Å². The molecule has 0 spiro atoms. The Bertz CT molecular complexity index is 523. The molecule has 0 bridgehead atoms. The smallest absolute Gasteiger partial charge is 0.217 e. The summed E-state index contributed by atoms with van der Waals surface area (Å²) in [5.74, 6) is 0.529. The molecule has 0 saturated carbocycles. The topological polar surface area (TPSA) is 29.1 Å². The molecule has 2 nitrogen and oxygen atoms in total. The highest BCUT2D eigenvalue weighted by Crippen LogP contribution is 2.31. The fourth-order valence-corrected chi connectivity index (χ4v) is 2.80. The van der Waals surface area contributed by atoms with Gasteiger partial charge in [-0.25, -0.2) is 0 Å². The van der Waals surface area contributed by atoms with E-state index in [1.54, 1.807) is 6.92 Å². The van der Waals surface area contributed by atoms with E-state index < -0.39 is 0 Å². The fraction of sp³-hybridized carbons (Fsp3) is 0.316. The zero-order valence-corrected chi connectivity index (χ0v) is 12.9. The first-order chi connectivity index (χ1) is 10.1. The van der Waals surface area contributed by atoms with E-state index in [0.717, 1.165) is 0 Å². The van der Waals surface area contributed by atoms with Crippen LogP contribution in [0.1, 0.15) is 37.8 Å². The van der Waals surface area contributed by atoms with Crippen LogP contribution in [-0.4, -0.2) is 11.9 Å². The molecule has 0 saturated heterocycles. The molecule has 2 rings (SSSR count). The van der Waals surface area contributed by atoms with Gasteiger partial charge in [0.05, 0.1) is 0 Å². The molecule has 0 aliphatic heterocycles. The first-order valence-electron chi connectivity index (χ1n) is 7.46. The van der Waals surface area contributed by atoms with Crippen molar-refractivity contribution in [3.63, 3.8) is 0 Å². The van der Waals surface area contributed by atoms with E-state index in [1.807, 2.05) is 12.1 Å². The number of amides is 1. The molecule has 1 N–H and O–H groups in total. The summed E-state index contributed by atoms with van der Waals surface area (Å²) in [6.45, 7) is 5.89. The van der Waals surface area contributed by atoms with Crippen LogP contribution in [-0.2, 0) is 4.79 Å². The van der Waals surface area contributed by atoms with Crippen LogP contribution in [0.15, 0.2) is 60.7 Å². The second-order valence-electron chi connectivity index (χ2n) is 5.77. The Kier molecular flexibility index (Phi) is 5.15. The van der Waals surface area contributed by atoms with Crippen LogP contribution in [0.25, 0.3) is 0 Å². The van der Waals surface area contributed by atoms with E-state index in [0.29, 0.717) is 5.92 Å². The Hall–Kier alpha value is -2.09. The van der Waals surface area contributed by atoms with Gasteiger partial charge in [-0.05, 0) is 17.0 Å². The highest BCUT2D eigenvalue weighted by atomic mass is 16.1. The number of hydrogen-bond acceptors (Lipinski definition) is 1. The van der Waals surface area contributed by atoms with Crippen molar-refractivity contribution in [2.75, 3.05) is 0 Å². The van der Waals surface area contributed by atoms with Gasteiger partial charge in [-0.1, -0.05) is 74.5 Å². The summed E-state index contributed by atoms with van der Waals surface area (Å²) in [7, 11) is 0. The van der Waals surface area contributed by atoms with Crippen LogP contribution in [0, 0.1) is 5.92 Å². The Balaban J connectivity index is 2.47. The molecule has 21 heavy (non-hydrogen) atoms. The number of benzene rings is 2. The number of nitrogens with one attached hydrogen (secondary N) is 1. The van der Waals surface area contributed by atoms with Crippen molar-refractivity contribution in [1.29, 1.82) is 0 Å². The molecule has 0 heterocycles. The zero-order valence-electron chi connectivity index (χ0n) is 12.9. The molecule has 2 aromatic rings. The average molecular weight is 281 g/mol. The maximum atomic E-state index is 11.6. The quantitative estimate of drug-likeness (QED) is 0.882. The number of carbonyl (C=O) groups is 1. The molecule has 0 aliphatic carbocycles. The summed E-state index contributed by atoms with van der Waals surface area (Å²) in [5.41, 5.74) is 2.47. The van der Waals surface area contributed by atoms with Crippen LogP contribution in [0.3, 0.4) is 0 Å². The van der Waals surface area contributed by atoms with Crippen molar-refractivity contribution in [1.82, 2.24) is 5.32 Å². The minimum absolute atomic E-state index is 0.0190. The summed E-state index contributed by atoms with van der Waals surface area (Å²) in [6, 6.07) is 20.9. The minimum atomic E-state index is 0.0190. The van der Waals surface area contributed by atoms with E-state index in [9.17, 15) is 4.79 Å². The number of rotatable bonds is 5. The lowest BCUT2D eigenvalue weighted by Crippen LogP contribution is -2.42. The molecule has 2 aromatic carbocycles. The van der Waals surface area contributed by atoms with Gasteiger partial charge in [0.15, 0.2) is 0 Å². The van der Waals surface area contributed by atoms with Gasteiger partial charge in [0.1, 0.15) is 0 Å². The van der Waals surface area contributed by atoms with Gasteiger partial charge in [-0.15, -0.1) is 0 Å². The largest absolute Gasteiger partial charge is 0.352 e. The van der Waals surface area contributed by atoms with E-state index in [4.69, 9.17) is 0 Å². The van der Waals surface area contributed by atoms with Gasteiger partial charge in [0, 0.05) is 18.9 Å². The Labute approximate surface area is 127 Å². The lowest BCUT2D eigenvalue weighted by atomic mass is 9.80. The molecule has 0 fully saturated rings. The summed E-state index contributed by atoms with van der Waals surface area (Å²) in [5, 5.41) is 3.14. The third-order valence-electron chi connectivity index (χ3n) is 3.76. The van der Waals surface area contributed by atoms with Crippen molar-refractivity contribution in [3.05, 3.63) is 71.8 Å². The summed E-state index contributed by atoms with van der Waals surface area (Å²) in [4.78, 5) is 11.6. The molecule has 2 heteroatoms. The fourth-order valence-electron chi connectivity index (χ4n) is 2.80. The highest BCUT2D eigenvalue weighted by molar-refractivity contribution is 5.73. The third kappa shape index (κ3) is 3.94. The molecule has 1 unspecified atom stereocenters. The molecule has 1 atom stereocenters. The SMILES string of the molecule is CC(=O)NC(C(C)C)C(c1ccccc1)c1ccccc1. The lowest BCUT2D eigenvalue weighted by molar-refractivity contribution is -0.120. The van der Waals surface area contributed by atoms with Gasteiger partial charge in [-0.3, -0.25) is 4.79 Å². The second kappa shape index (κ2) is 7.07. The van der Waals surface area contributed by atoms with Gasteiger partial charge >= 0.3 is 0 Å². The Morgan fingerprint density at radius 1 is 0.857 bits per heavy atom. The summed E-state index contributed by atoms with van der Waals surface area (Å²) < 4.78 is 0. The van der Waals surface area contributed by atoms with Gasteiger partial charge in [-0.2, -0.15) is 0 Å². The normalized spacial score (nSPS) is 12.4. The zero-order chi connectivity index (χ0) is 15.2. The van der Waals surface area contributed by atoms with Crippen molar-refractivity contribution >= 4 is 5.91 Å². The predicted octanol–water partition coefficient (Wildman–Crippen LogP) is 3.98. The first-order valence-corrected chi connectivity index (χ1v) is 7.46. The highest BCUT2D eigenvalue weighted by Gasteiger charge is 2.28. The van der Waals surface area contributed by atoms with Crippen molar-refractivity contribution in [2.24, 2.45) is 5.92 Å². The molecular weight excluding hydrogens is 258 g/mol. The number of carbonyl (C=O) groups excluding carboxylic acids is 1. The standard InChI is InChI=1S/C19H23NO/c1-14(2)19(20-15(3)21)18(16-10-6-4-7-11-16)17-12-8-5-9-13-17/h4-14,18-19H,1-3H3,(H,20,21). The van der Waals surface area contributed by atoms with Gasteiger partial charge in [0.25, 0.3) is 0 Å². The summed E-state index contributed by atoms with van der Waals surface area (Å²) in [6.07, 6.45) is 0. The van der Waals surface area contributed by atoms with Crippen molar-refractivity contribution < 1.29 is 4.79 Å². The van der Waals surface area contributed by atoms with Crippen LogP contribution in [0.2, 0.25) is 0 Å². The monoisotopic (exact) mass is 281 g/mol.